The Kier molecular flexibility index (Phi) is 6.77. The Morgan fingerprint density at radius 1 is 1.00 bits per heavy atom. The summed E-state index contributed by atoms with van der Waals surface area (Å²) in [6.45, 7) is 11.0. The highest BCUT2D eigenvalue weighted by Crippen LogP contribution is 2.32. The number of hydrogen-bond acceptors (Lipinski definition) is 8. The van der Waals surface area contributed by atoms with Crippen molar-refractivity contribution >= 4 is 29.8 Å². The third-order valence-corrected chi connectivity index (χ3v) is 4.35. The largest absolute Gasteiger partial charge is 0.534 e. The number of carboxylic acid groups (broad SMARTS) is 1. The quantitative estimate of drug-likeness (QED) is 0.532. The van der Waals surface area contributed by atoms with E-state index in [2.05, 4.69) is 5.10 Å². The number of carbonyl (C=O) groups excluding carboxylic acids is 3. The highest BCUT2D eigenvalue weighted by molar-refractivity contribution is 6.24. The van der Waals surface area contributed by atoms with Crippen LogP contribution in [0.2, 0.25) is 0 Å². The van der Waals surface area contributed by atoms with Gasteiger partial charge in [-0.1, -0.05) is 12.1 Å². The van der Waals surface area contributed by atoms with Crippen molar-refractivity contribution in [2.75, 3.05) is 7.05 Å². The molecule has 1 aliphatic rings. The van der Waals surface area contributed by atoms with Crippen molar-refractivity contribution in [1.82, 2.24) is 10.1 Å². The van der Waals surface area contributed by atoms with Gasteiger partial charge in [0.15, 0.2) is 0 Å². The molecule has 2 rings (SSSR count). The number of carbonyl (C=O) groups is 4. The lowest BCUT2D eigenvalue weighted by molar-refractivity contribution is -0.176. The topological polar surface area (TPSA) is 135 Å². The second kappa shape index (κ2) is 8.72. The summed E-state index contributed by atoms with van der Waals surface area (Å²) in [7, 11) is 1.37. The number of hydrazone groups is 1. The fraction of sp³-hybridized carbons (Fsp3) is 0.500. The molecule has 0 bridgehead atoms. The predicted octanol–water partition coefficient (Wildman–Crippen LogP) is 3.42. The minimum atomic E-state index is -1.93. The molecule has 0 aromatic heterocycles. The molecular formula is C22H29N3O8. The molecule has 1 atom stereocenters. The van der Waals surface area contributed by atoms with E-state index < -0.39 is 40.9 Å². The standard InChI is InChI=1S/C22H29N3O8/c1-20(2,3)31-18(29)25(33-19(30)32-21(4,5)6)22(7)15(23-24(8)17(22)28)13-9-11-14(12-10-13)16(26)27/h9-12H,1-8H3,(H,26,27). The van der Waals surface area contributed by atoms with Crippen LogP contribution in [0.3, 0.4) is 0 Å². The summed E-state index contributed by atoms with van der Waals surface area (Å²) in [4.78, 5) is 55.2. The van der Waals surface area contributed by atoms with Gasteiger partial charge in [-0.15, -0.1) is 5.06 Å². The first-order valence-corrected chi connectivity index (χ1v) is 10.1. The predicted molar refractivity (Wildman–Crippen MR) is 117 cm³/mol. The van der Waals surface area contributed by atoms with Crippen molar-refractivity contribution < 1.29 is 38.6 Å². The third-order valence-electron chi connectivity index (χ3n) is 4.35. The lowest BCUT2D eigenvalue weighted by Gasteiger charge is -2.36. The van der Waals surface area contributed by atoms with Gasteiger partial charge in [-0.25, -0.2) is 19.4 Å². The van der Waals surface area contributed by atoms with Crippen LogP contribution in [-0.4, -0.2) is 68.8 Å². The summed E-state index contributed by atoms with van der Waals surface area (Å²) in [5.41, 5.74) is -3.44. The van der Waals surface area contributed by atoms with Gasteiger partial charge in [0.05, 0.1) is 5.56 Å². The molecule has 1 N–H and O–H groups in total. The molecule has 180 valence electrons. The molecule has 0 spiro atoms. The molecule has 0 fully saturated rings. The SMILES string of the molecule is CN1N=C(c2ccc(C(=O)O)cc2)C(C)(N(OC(=O)OC(C)(C)C)C(=O)OC(C)(C)C)C1=O. The zero-order valence-electron chi connectivity index (χ0n) is 20.0. The van der Waals surface area contributed by atoms with Crippen molar-refractivity contribution in [3.63, 3.8) is 0 Å². The molecule has 1 aromatic carbocycles. The van der Waals surface area contributed by atoms with E-state index in [4.69, 9.17) is 19.4 Å². The highest BCUT2D eigenvalue weighted by Gasteiger charge is 2.57. The minimum absolute atomic E-state index is 0.0211. The molecule has 0 radical (unpaired) electrons. The zero-order chi connectivity index (χ0) is 25.4. The molecule has 1 aliphatic heterocycles. The third kappa shape index (κ3) is 5.79. The van der Waals surface area contributed by atoms with Gasteiger partial charge in [-0.05, 0) is 60.6 Å². The number of benzene rings is 1. The van der Waals surface area contributed by atoms with Crippen LogP contribution < -0.4 is 0 Å². The summed E-state index contributed by atoms with van der Waals surface area (Å²) in [6.07, 6.45) is -2.34. The maximum atomic E-state index is 13.2. The molecule has 0 saturated carbocycles. The van der Waals surface area contributed by atoms with Crippen molar-refractivity contribution in [1.29, 1.82) is 0 Å². The minimum Gasteiger partial charge on any atom is -0.478 e. The summed E-state index contributed by atoms with van der Waals surface area (Å²) >= 11 is 0. The number of rotatable bonds is 3. The van der Waals surface area contributed by atoms with Crippen LogP contribution in [0.15, 0.2) is 29.4 Å². The molecule has 33 heavy (non-hydrogen) atoms. The lowest BCUT2D eigenvalue weighted by atomic mass is 9.89. The number of hydroxylamine groups is 2. The molecule has 1 unspecified atom stereocenters. The van der Waals surface area contributed by atoms with E-state index in [9.17, 15) is 19.2 Å². The van der Waals surface area contributed by atoms with Gasteiger partial charge < -0.3 is 14.6 Å². The number of hydrogen-bond donors (Lipinski definition) is 1. The van der Waals surface area contributed by atoms with Gasteiger partial charge in [0.25, 0.3) is 5.91 Å². The average molecular weight is 463 g/mol. The van der Waals surface area contributed by atoms with Crippen molar-refractivity contribution in [3.05, 3.63) is 35.4 Å². The monoisotopic (exact) mass is 463 g/mol. The Morgan fingerprint density at radius 3 is 1.97 bits per heavy atom. The number of aromatic carboxylic acids is 1. The number of carboxylic acids is 1. The Hall–Kier alpha value is -3.63. The maximum Gasteiger partial charge on any atom is 0.534 e. The fourth-order valence-electron chi connectivity index (χ4n) is 2.96. The number of likely N-dealkylation sites (N-methyl/N-ethyl adjacent to an activating group) is 1. The van der Waals surface area contributed by atoms with E-state index in [1.165, 1.54) is 38.2 Å². The van der Waals surface area contributed by atoms with Crippen LogP contribution in [0.1, 0.15) is 64.4 Å². The summed E-state index contributed by atoms with van der Waals surface area (Å²) in [6, 6.07) is 5.54. The van der Waals surface area contributed by atoms with Gasteiger partial charge in [0.1, 0.15) is 16.9 Å². The molecule has 1 aromatic rings. The first-order valence-electron chi connectivity index (χ1n) is 10.1. The maximum absolute atomic E-state index is 13.2. The molecular weight excluding hydrogens is 434 g/mol. The van der Waals surface area contributed by atoms with Gasteiger partial charge in [0.2, 0.25) is 5.54 Å². The van der Waals surface area contributed by atoms with E-state index in [1.54, 1.807) is 41.5 Å². The van der Waals surface area contributed by atoms with Crippen molar-refractivity contribution in [2.45, 2.75) is 65.2 Å². The Labute approximate surface area is 191 Å². The van der Waals surface area contributed by atoms with E-state index in [0.717, 1.165) is 5.01 Å². The van der Waals surface area contributed by atoms with Crippen LogP contribution in [-0.2, 0) is 19.1 Å². The van der Waals surface area contributed by atoms with Crippen molar-refractivity contribution in [2.24, 2.45) is 5.10 Å². The van der Waals surface area contributed by atoms with Gasteiger partial charge in [-0.2, -0.15) is 5.10 Å². The Morgan fingerprint density at radius 2 is 1.52 bits per heavy atom. The fourth-order valence-corrected chi connectivity index (χ4v) is 2.96. The highest BCUT2D eigenvalue weighted by atomic mass is 16.8. The molecule has 11 heteroatoms. The first-order chi connectivity index (χ1) is 15.0. The summed E-state index contributed by atoms with van der Waals surface area (Å²) in [5.74, 6) is -1.82. The van der Waals surface area contributed by atoms with E-state index in [-0.39, 0.29) is 11.3 Å². The van der Waals surface area contributed by atoms with E-state index in [0.29, 0.717) is 10.6 Å². The number of amides is 2. The number of ether oxygens (including phenoxy) is 2. The van der Waals surface area contributed by atoms with E-state index in [1.807, 2.05) is 0 Å². The molecule has 0 saturated heterocycles. The zero-order valence-corrected chi connectivity index (χ0v) is 20.0. The Bertz CT molecular complexity index is 988. The van der Waals surface area contributed by atoms with Gasteiger partial charge >= 0.3 is 18.2 Å². The van der Waals surface area contributed by atoms with Crippen LogP contribution >= 0.6 is 0 Å². The molecule has 0 aliphatic carbocycles. The van der Waals surface area contributed by atoms with E-state index >= 15 is 0 Å². The lowest BCUT2D eigenvalue weighted by Crippen LogP contribution is -2.61. The van der Waals surface area contributed by atoms with Crippen molar-refractivity contribution in [3.8, 4) is 0 Å². The van der Waals surface area contributed by atoms with Crippen LogP contribution in [0, 0.1) is 0 Å². The number of nitrogens with zero attached hydrogens (tertiary/aromatic N) is 3. The first kappa shape index (κ1) is 25.6. The molecule has 11 nitrogen and oxygen atoms in total. The second-order valence-electron chi connectivity index (χ2n) is 9.56. The normalized spacial score (nSPS) is 18.5. The van der Waals surface area contributed by atoms with Crippen LogP contribution in [0.25, 0.3) is 0 Å². The average Bonchev–Trinajstić information content (AvgIpc) is 2.88. The van der Waals surface area contributed by atoms with Gasteiger partial charge in [0, 0.05) is 12.6 Å². The van der Waals surface area contributed by atoms with Crippen LogP contribution in [0.4, 0.5) is 9.59 Å². The molecule has 1 heterocycles. The summed E-state index contributed by atoms with van der Waals surface area (Å²) < 4.78 is 10.5. The second-order valence-corrected chi connectivity index (χ2v) is 9.56. The summed E-state index contributed by atoms with van der Waals surface area (Å²) in [5, 5.41) is 14.9. The van der Waals surface area contributed by atoms with Crippen LogP contribution in [0.5, 0.6) is 0 Å². The van der Waals surface area contributed by atoms with Gasteiger partial charge in [-0.3, -0.25) is 9.63 Å². The molecule has 2 amide bonds. The Balaban J connectivity index is 2.57. The smallest absolute Gasteiger partial charge is 0.478 e.